The van der Waals surface area contributed by atoms with Gasteiger partial charge in [0.1, 0.15) is 6.61 Å². The van der Waals surface area contributed by atoms with Crippen molar-refractivity contribution in [2.24, 2.45) is 5.73 Å². The van der Waals surface area contributed by atoms with Crippen molar-refractivity contribution in [3.63, 3.8) is 0 Å². The molecule has 0 aliphatic heterocycles. The van der Waals surface area contributed by atoms with Gasteiger partial charge in [0.25, 0.3) is 5.89 Å². The van der Waals surface area contributed by atoms with E-state index in [0.717, 1.165) is 12.8 Å². The summed E-state index contributed by atoms with van der Waals surface area (Å²) in [6.07, 6.45) is 1.93. The molecule has 2 N–H and O–H groups in total. The molecule has 1 atom stereocenters. The Morgan fingerprint density at radius 1 is 1.24 bits per heavy atom. The Hall–Kier alpha value is -0.980. The van der Waals surface area contributed by atoms with Crippen molar-refractivity contribution in [3.05, 3.63) is 11.7 Å². The van der Waals surface area contributed by atoms with E-state index in [-0.39, 0.29) is 6.04 Å². The predicted octanol–water partition coefficient (Wildman–Crippen LogP) is 1.42. The maximum atomic E-state index is 5.85. The second-order valence-corrected chi connectivity index (χ2v) is 3.78. The minimum Gasteiger partial charge on any atom is -0.379 e. The van der Waals surface area contributed by atoms with Crippen molar-refractivity contribution < 1.29 is 14.0 Å². The topological polar surface area (TPSA) is 83.4 Å². The van der Waals surface area contributed by atoms with E-state index in [2.05, 4.69) is 10.1 Å². The third-order valence-corrected chi connectivity index (χ3v) is 2.04. The molecule has 0 radical (unpaired) electrons. The maximum Gasteiger partial charge on any atom is 0.252 e. The molecule has 6 nitrogen and oxygen atoms in total. The molecule has 0 spiro atoms. The molecule has 1 rings (SSSR count). The van der Waals surface area contributed by atoms with E-state index in [1.54, 1.807) is 0 Å². The SMILES string of the molecule is CCCOCc1nc(C(N)COCCC)no1. The van der Waals surface area contributed by atoms with Crippen LogP contribution < -0.4 is 5.73 Å². The highest BCUT2D eigenvalue weighted by molar-refractivity contribution is 4.92. The van der Waals surface area contributed by atoms with E-state index in [1.165, 1.54) is 0 Å². The van der Waals surface area contributed by atoms with Crippen LogP contribution >= 0.6 is 0 Å². The fraction of sp³-hybridized carbons (Fsp3) is 0.818. The first-order valence-corrected chi connectivity index (χ1v) is 6.01. The van der Waals surface area contributed by atoms with E-state index >= 15 is 0 Å². The summed E-state index contributed by atoms with van der Waals surface area (Å²) >= 11 is 0. The Kier molecular flexibility index (Phi) is 6.76. The average Bonchev–Trinajstić information content (AvgIpc) is 2.78. The van der Waals surface area contributed by atoms with E-state index in [9.17, 15) is 0 Å². The molecule has 6 heteroatoms. The molecular weight excluding hydrogens is 222 g/mol. The summed E-state index contributed by atoms with van der Waals surface area (Å²) in [7, 11) is 0. The van der Waals surface area contributed by atoms with Crippen LogP contribution in [0.5, 0.6) is 0 Å². The zero-order valence-corrected chi connectivity index (χ0v) is 10.5. The molecule has 0 saturated heterocycles. The summed E-state index contributed by atoms with van der Waals surface area (Å²) in [4.78, 5) is 4.15. The van der Waals surface area contributed by atoms with Crippen LogP contribution in [0.15, 0.2) is 4.52 Å². The third kappa shape index (κ3) is 5.25. The molecular formula is C11H21N3O3. The minimum atomic E-state index is -0.342. The Morgan fingerprint density at radius 2 is 1.94 bits per heavy atom. The number of aromatic nitrogens is 2. The van der Waals surface area contributed by atoms with Gasteiger partial charge in [-0.25, -0.2) is 0 Å². The molecule has 0 fully saturated rings. The number of nitrogens with zero attached hydrogens (tertiary/aromatic N) is 2. The summed E-state index contributed by atoms with van der Waals surface area (Å²) in [5, 5.41) is 3.80. The second-order valence-electron chi connectivity index (χ2n) is 3.78. The summed E-state index contributed by atoms with van der Waals surface area (Å²) in [5.74, 6) is 0.926. The molecule has 1 aromatic rings. The Bertz CT molecular complexity index is 304. The van der Waals surface area contributed by atoms with Gasteiger partial charge in [-0.2, -0.15) is 4.98 Å². The molecule has 17 heavy (non-hydrogen) atoms. The lowest BCUT2D eigenvalue weighted by atomic mass is 10.3. The molecule has 98 valence electrons. The monoisotopic (exact) mass is 243 g/mol. The zero-order valence-electron chi connectivity index (χ0n) is 10.5. The predicted molar refractivity (Wildman–Crippen MR) is 62.3 cm³/mol. The first-order chi connectivity index (χ1) is 8.27. The van der Waals surface area contributed by atoms with E-state index in [1.807, 2.05) is 13.8 Å². The van der Waals surface area contributed by atoms with E-state index in [0.29, 0.717) is 38.1 Å². The molecule has 0 bridgehead atoms. The van der Waals surface area contributed by atoms with Gasteiger partial charge in [0.15, 0.2) is 5.82 Å². The largest absolute Gasteiger partial charge is 0.379 e. The molecule has 0 aliphatic carbocycles. The van der Waals surface area contributed by atoms with Gasteiger partial charge < -0.3 is 19.7 Å². The summed E-state index contributed by atoms with van der Waals surface area (Å²) in [6, 6.07) is -0.342. The molecule has 0 aromatic carbocycles. The Morgan fingerprint density at radius 3 is 2.65 bits per heavy atom. The quantitative estimate of drug-likeness (QED) is 0.660. The number of ether oxygens (including phenoxy) is 2. The lowest BCUT2D eigenvalue weighted by Gasteiger charge is -2.06. The molecule has 1 heterocycles. The van der Waals surface area contributed by atoms with Gasteiger partial charge in [-0.3, -0.25) is 0 Å². The highest BCUT2D eigenvalue weighted by atomic mass is 16.5. The van der Waals surface area contributed by atoms with Crippen molar-refractivity contribution in [1.29, 1.82) is 0 Å². The van der Waals surface area contributed by atoms with Gasteiger partial charge >= 0.3 is 0 Å². The number of nitrogens with two attached hydrogens (primary N) is 1. The zero-order chi connectivity index (χ0) is 12.5. The standard InChI is InChI=1S/C11H21N3O3/c1-3-5-15-7-9(12)11-13-10(17-14-11)8-16-6-4-2/h9H,3-8,12H2,1-2H3. The van der Waals surface area contributed by atoms with Crippen molar-refractivity contribution >= 4 is 0 Å². The first-order valence-electron chi connectivity index (χ1n) is 6.01. The highest BCUT2D eigenvalue weighted by Crippen LogP contribution is 2.07. The van der Waals surface area contributed by atoms with E-state index in [4.69, 9.17) is 19.7 Å². The number of hydrogen-bond donors (Lipinski definition) is 1. The number of rotatable bonds is 9. The van der Waals surface area contributed by atoms with Crippen molar-refractivity contribution in [2.45, 2.75) is 39.3 Å². The fourth-order valence-electron chi connectivity index (χ4n) is 1.21. The fourth-order valence-corrected chi connectivity index (χ4v) is 1.21. The average molecular weight is 243 g/mol. The summed E-state index contributed by atoms with van der Waals surface area (Å²) in [5.41, 5.74) is 5.85. The van der Waals surface area contributed by atoms with Crippen LogP contribution in [0.4, 0.5) is 0 Å². The van der Waals surface area contributed by atoms with Crippen LogP contribution in [0, 0.1) is 0 Å². The lowest BCUT2D eigenvalue weighted by Crippen LogP contribution is -2.18. The van der Waals surface area contributed by atoms with Crippen LogP contribution in [-0.4, -0.2) is 30.0 Å². The maximum absolute atomic E-state index is 5.85. The van der Waals surface area contributed by atoms with Crippen LogP contribution in [0.3, 0.4) is 0 Å². The highest BCUT2D eigenvalue weighted by Gasteiger charge is 2.14. The normalized spacial score (nSPS) is 12.9. The lowest BCUT2D eigenvalue weighted by molar-refractivity contribution is 0.0981. The smallest absolute Gasteiger partial charge is 0.252 e. The van der Waals surface area contributed by atoms with Crippen LogP contribution in [0.2, 0.25) is 0 Å². The first kappa shape index (κ1) is 14.1. The molecule has 0 amide bonds. The van der Waals surface area contributed by atoms with Gasteiger partial charge in [0, 0.05) is 13.2 Å². The third-order valence-electron chi connectivity index (χ3n) is 2.04. The number of hydrogen-bond acceptors (Lipinski definition) is 6. The van der Waals surface area contributed by atoms with Gasteiger partial charge in [0.05, 0.1) is 12.6 Å². The van der Waals surface area contributed by atoms with Crippen LogP contribution in [0.1, 0.15) is 44.4 Å². The van der Waals surface area contributed by atoms with Crippen LogP contribution in [0.25, 0.3) is 0 Å². The van der Waals surface area contributed by atoms with Crippen molar-refractivity contribution in [1.82, 2.24) is 10.1 Å². The minimum absolute atomic E-state index is 0.337. The van der Waals surface area contributed by atoms with Gasteiger partial charge in [-0.15, -0.1) is 0 Å². The van der Waals surface area contributed by atoms with Gasteiger partial charge in [0.2, 0.25) is 0 Å². The molecule has 1 unspecified atom stereocenters. The Balaban J connectivity index is 2.33. The van der Waals surface area contributed by atoms with Crippen molar-refractivity contribution in [2.75, 3.05) is 19.8 Å². The summed E-state index contributed by atoms with van der Waals surface area (Å²) < 4.78 is 15.6. The van der Waals surface area contributed by atoms with Gasteiger partial charge in [-0.05, 0) is 12.8 Å². The molecule has 0 aliphatic rings. The van der Waals surface area contributed by atoms with E-state index < -0.39 is 0 Å². The van der Waals surface area contributed by atoms with Crippen molar-refractivity contribution in [3.8, 4) is 0 Å². The Labute approximate surface area is 101 Å². The summed E-state index contributed by atoms with van der Waals surface area (Å²) in [6.45, 7) is 6.21. The van der Waals surface area contributed by atoms with Gasteiger partial charge in [-0.1, -0.05) is 19.0 Å². The van der Waals surface area contributed by atoms with Crippen LogP contribution in [-0.2, 0) is 16.1 Å². The molecule has 0 saturated carbocycles. The second kappa shape index (κ2) is 8.16. The molecule has 1 aromatic heterocycles.